The highest BCUT2D eigenvalue weighted by atomic mass is 16.5. The minimum atomic E-state index is -0.690. The standard InChI is InChI=1S/C20H28N4O4/c1-20(2,3)12-15(25)23(10-11-28-4)16-17(21)24(19(27)22-18(16)26)13-14-8-6-5-7-9-14/h5-9H,10-13,21H2,1-4H3,(H,22,26,27). The number of rotatable bonds is 7. The Hall–Kier alpha value is -2.87. The minimum Gasteiger partial charge on any atom is -0.383 e. The van der Waals surface area contributed by atoms with E-state index >= 15 is 0 Å². The number of amides is 1. The molecule has 0 unspecified atom stereocenters. The third kappa shape index (κ3) is 5.32. The lowest BCUT2D eigenvalue weighted by atomic mass is 9.91. The van der Waals surface area contributed by atoms with Crippen LogP contribution in [0.2, 0.25) is 0 Å². The zero-order chi connectivity index (χ0) is 20.9. The first-order chi connectivity index (χ1) is 13.1. The molecule has 0 radical (unpaired) electrons. The lowest BCUT2D eigenvalue weighted by Crippen LogP contribution is -2.43. The maximum Gasteiger partial charge on any atom is 0.330 e. The number of nitrogens with one attached hydrogen (secondary N) is 1. The molecule has 0 aliphatic heterocycles. The van der Waals surface area contributed by atoms with Gasteiger partial charge < -0.3 is 15.4 Å². The van der Waals surface area contributed by atoms with Crippen LogP contribution in [-0.2, 0) is 16.1 Å². The van der Waals surface area contributed by atoms with Gasteiger partial charge >= 0.3 is 5.69 Å². The summed E-state index contributed by atoms with van der Waals surface area (Å²) < 4.78 is 6.35. The number of ether oxygens (including phenoxy) is 1. The van der Waals surface area contributed by atoms with Gasteiger partial charge in [-0.1, -0.05) is 51.1 Å². The molecule has 0 saturated carbocycles. The van der Waals surface area contributed by atoms with E-state index in [2.05, 4.69) is 4.98 Å². The molecular formula is C20H28N4O4. The largest absolute Gasteiger partial charge is 0.383 e. The molecule has 3 N–H and O–H groups in total. The number of carbonyl (C=O) groups excluding carboxylic acids is 1. The van der Waals surface area contributed by atoms with Crippen molar-refractivity contribution in [3.8, 4) is 0 Å². The smallest absolute Gasteiger partial charge is 0.330 e. The van der Waals surface area contributed by atoms with Gasteiger partial charge in [-0.25, -0.2) is 4.79 Å². The predicted molar refractivity (Wildman–Crippen MR) is 110 cm³/mol. The van der Waals surface area contributed by atoms with Crippen LogP contribution in [0, 0.1) is 5.41 Å². The molecule has 0 fully saturated rings. The monoisotopic (exact) mass is 388 g/mol. The van der Waals surface area contributed by atoms with Crippen LogP contribution >= 0.6 is 0 Å². The molecule has 1 aromatic carbocycles. The Kier molecular flexibility index (Phi) is 6.80. The maximum atomic E-state index is 12.9. The summed E-state index contributed by atoms with van der Waals surface area (Å²) in [6, 6.07) is 9.27. The minimum absolute atomic E-state index is 0.0261. The molecule has 0 aliphatic rings. The van der Waals surface area contributed by atoms with E-state index in [0.29, 0.717) is 0 Å². The molecule has 1 aromatic heterocycles. The van der Waals surface area contributed by atoms with Crippen LogP contribution in [-0.4, -0.2) is 35.7 Å². The van der Waals surface area contributed by atoms with E-state index in [9.17, 15) is 14.4 Å². The van der Waals surface area contributed by atoms with Crippen molar-refractivity contribution in [1.82, 2.24) is 9.55 Å². The van der Waals surface area contributed by atoms with E-state index in [4.69, 9.17) is 10.5 Å². The molecule has 0 saturated heterocycles. The number of nitrogen functional groups attached to an aromatic ring is 1. The van der Waals surface area contributed by atoms with Crippen molar-refractivity contribution in [2.24, 2.45) is 5.41 Å². The summed E-state index contributed by atoms with van der Waals surface area (Å²) in [5.74, 6) is -0.303. The van der Waals surface area contributed by atoms with Gasteiger partial charge in [-0.3, -0.25) is 19.1 Å². The second-order valence-electron chi connectivity index (χ2n) is 7.84. The molecule has 8 nitrogen and oxygen atoms in total. The predicted octanol–water partition coefficient (Wildman–Crippen LogP) is 1.58. The SMILES string of the molecule is COCCN(C(=O)CC(C)(C)C)c1c(N)n(Cc2ccccc2)c(=O)[nH]c1=O. The molecule has 0 aliphatic carbocycles. The topological polar surface area (TPSA) is 110 Å². The van der Waals surface area contributed by atoms with Crippen molar-refractivity contribution in [3.63, 3.8) is 0 Å². The number of hydrogen-bond donors (Lipinski definition) is 2. The zero-order valence-corrected chi connectivity index (χ0v) is 16.8. The van der Waals surface area contributed by atoms with E-state index in [1.807, 2.05) is 51.1 Å². The highest BCUT2D eigenvalue weighted by Gasteiger charge is 2.27. The molecule has 2 rings (SSSR count). The zero-order valence-electron chi connectivity index (χ0n) is 16.8. The Morgan fingerprint density at radius 2 is 1.86 bits per heavy atom. The second-order valence-corrected chi connectivity index (χ2v) is 7.84. The van der Waals surface area contributed by atoms with Gasteiger partial charge in [0.2, 0.25) is 5.91 Å². The first-order valence-electron chi connectivity index (χ1n) is 9.10. The Bertz CT molecular complexity index is 926. The Balaban J connectivity index is 2.53. The van der Waals surface area contributed by atoms with E-state index in [-0.39, 0.29) is 48.9 Å². The Morgan fingerprint density at radius 3 is 2.43 bits per heavy atom. The summed E-state index contributed by atoms with van der Waals surface area (Å²) in [4.78, 5) is 41.4. The van der Waals surface area contributed by atoms with Crippen molar-refractivity contribution in [3.05, 3.63) is 56.7 Å². The number of nitrogens with two attached hydrogens (primary N) is 1. The summed E-state index contributed by atoms with van der Waals surface area (Å²) in [7, 11) is 1.51. The van der Waals surface area contributed by atoms with Gasteiger partial charge in [0.25, 0.3) is 5.56 Å². The van der Waals surface area contributed by atoms with Gasteiger partial charge in [0.1, 0.15) is 5.82 Å². The van der Waals surface area contributed by atoms with Crippen molar-refractivity contribution in [2.45, 2.75) is 33.7 Å². The second kappa shape index (κ2) is 8.88. The van der Waals surface area contributed by atoms with E-state index in [1.54, 1.807) is 0 Å². The molecule has 152 valence electrons. The number of aromatic nitrogens is 2. The fourth-order valence-electron chi connectivity index (χ4n) is 2.85. The van der Waals surface area contributed by atoms with Gasteiger partial charge in [0, 0.05) is 20.1 Å². The van der Waals surface area contributed by atoms with Gasteiger partial charge in [-0.05, 0) is 11.0 Å². The first-order valence-corrected chi connectivity index (χ1v) is 9.10. The van der Waals surface area contributed by atoms with Crippen molar-refractivity contribution < 1.29 is 9.53 Å². The van der Waals surface area contributed by atoms with E-state index in [1.165, 1.54) is 16.6 Å². The number of anilines is 2. The molecule has 2 aromatic rings. The van der Waals surface area contributed by atoms with Gasteiger partial charge in [-0.15, -0.1) is 0 Å². The first kappa shape index (κ1) is 21.4. The number of hydrogen-bond acceptors (Lipinski definition) is 5. The average Bonchev–Trinajstić information content (AvgIpc) is 2.60. The number of H-pyrrole nitrogens is 1. The van der Waals surface area contributed by atoms with Crippen molar-refractivity contribution in [1.29, 1.82) is 0 Å². The Labute approximate surface area is 163 Å². The third-order valence-electron chi connectivity index (χ3n) is 4.17. The molecular weight excluding hydrogens is 360 g/mol. The van der Waals surface area contributed by atoms with Gasteiger partial charge in [-0.2, -0.15) is 0 Å². The molecule has 1 heterocycles. The van der Waals surface area contributed by atoms with Crippen molar-refractivity contribution in [2.75, 3.05) is 30.9 Å². The quantitative estimate of drug-likeness (QED) is 0.748. The number of nitrogens with zero attached hydrogens (tertiary/aromatic N) is 2. The fourth-order valence-corrected chi connectivity index (χ4v) is 2.85. The molecule has 1 amide bonds. The normalized spacial score (nSPS) is 11.4. The van der Waals surface area contributed by atoms with Gasteiger partial charge in [0.15, 0.2) is 5.69 Å². The molecule has 0 bridgehead atoms. The highest BCUT2D eigenvalue weighted by molar-refractivity contribution is 5.95. The highest BCUT2D eigenvalue weighted by Crippen LogP contribution is 2.24. The third-order valence-corrected chi connectivity index (χ3v) is 4.17. The van der Waals surface area contributed by atoms with Crippen LogP contribution in [0.5, 0.6) is 0 Å². The van der Waals surface area contributed by atoms with Crippen LogP contribution in [0.3, 0.4) is 0 Å². The fraction of sp³-hybridized carbons (Fsp3) is 0.450. The lowest BCUT2D eigenvalue weighted by Gasteiger charge is -2.27. The number of methoxy groups -OCH3 is 1. The van der Waals surface area contributed by atoms with Gasteiger partial charge in [0.05, 0.1) is 13.2 Å². The molecule has 0 atom stereocenters. The summed E-state index contributed by atoms with van der Waals surface area (Å²) in [5, 5.41) is 0. The van der Waals surface area contributed by atoms with E-state index < -0.39 is 11.2 Å². The number of benzene rings is 1. The number of aromatic amines is 1. The summed E-state index contributed by atoms with van der Waals surface area (Å²) in [6.45, 7) is 6.37. The van der Waals surface area contributed by atoms with E-state index in [0.717, 1.165) is 5.56 Å². The molecule has 28 heavy (non-hydrogen) atoms. The van der Waals surface area contributed by atoms with Crippen LogP contribution in [0.25, 0.3) is 0 Å². The average molecular weight is 388 g/mol. The summed E-state index contributed by atoms with van der Waals surface area (Å²) >= 11 is 0. The number of carbonyl (C=O) groups is 1. The van der Waals surface area contributed by atoms with Crippen LogP contribution in [0.4, 0.5) is 11.5 Å². The maximum absolute atomic E-state index is 12.9. The molecule has 8 heteroatoms. The van der Waals surface area contributed by atoms with Crippen LogP contribution in [0.15, 0.2) is 39.9 Å². The lowest BCUT2D eigenvalue weighted by molar-refractivity contribution is -0.120. The van der Waals surface area contributed by atoms with Crippen molar-refractivity contribution >= 4 is 17.4 Å². The summed E-state index contributed by atoms with van der Waals surface area (Å²) in [5.41, 5.74) is 5.45. The summed E-state index contributed by atoms with van der Waals surface area (Å²) in [6.07, 6.45) is 0.216. The van der Waals surface area contributed by atoms with Crippen LogP contribution < -0.4 is 21.9 Å². The van der Waals surface area contributed by atoms with Crippen LogP contribution in [0.1, 0.15) is 32.8 Å². The Morgan fingerprint density at radius 1 is 1.21 bits per heavy atom. The molecule has 0 spiro atoms.